The van der Waals surface area contributed by atoms with Crippen molar-refractivity contribution < 1.29 is 4.90 Å². The zero-order valence-corrected chi connectivity index (χ0v) is 11.0. The summed E-state index contributed by atoms with van der Waals surface area (Å²) in [5, 5.41) is 1.20. The third kappa shape index (κ3) is 2.15. The molecule has 3 nitrogen and oxygen atoms in total. The predicted octanol–water partition coefficient (Wildman–Crippen LogP) is 1.02. The van der Waals surface area contributed by atoms with Crippen LogP contribution < -0.4 is 9.80 Å². The van der Waals surface area contributed by atoms with E-state index >= 15 is 0 Å². The van der Waals surface area contributed by atoms with Gasteiger partial charge >= 0.3 is 0 Å². The lowest BCUT2D eigenvalue weighted by Crippen LogP contribution is -3.14. The third-order valence-electron chi connectivity index (χ3n) is 3.52. The van der Waals surface area contributed by atoms with Crippen LogP contribution in [0.1, 0.15) is 6.92 Å². The van der Waals surface area contributed by atoms with Gasteiger partial charge in [0, 0.05) is 0 Å². The Bertz CT molecular complexity index is 467. The molecule has 0 atom stereocenters. The molecule has 17 heavy (non-hydrogen) atoms. The van der Waals surface area contributed by atoms with Crippen molar-refractivity contribution >= 4 is 26.7 Å². The summed E-state index contributed by atoms with van der Waals surface area (Å²) in [5.41, 5.74) is 1.14. The number of fused-ring (bicyclic) bond motifs is 1. The predicted molar refractivity (Wildman–Crippen MR) is 73.1 cm³/mol. The lowest BCUT2D eigenvalue weighted by Gasteiger charge is -2.31. The number of piperazine rings is 1. The van der Waals surface area contributed by atoms with Crippen LogP contribution in [-0.4, -0.2) is 37.7 Å². The molecule has 0 spiro atoms. The van der Waals surface area contributed by atoms with Crippen molar-refractivity contribution in [3.63, 3.8) is 0 Å². The average molecular weight is 248 g/mol. The van der Waals surface area contributed by atoms with Gasteiger partial charge in [-0.25, -0.2) is 4.98 Å². The molecule has 0 bridgehead atoms. The van der Waals surface area contributed by atoms with E-state index in [2.05, 4.69) is 36.1 Å². The first kappa shape index (κ1) is 11.0. The number of anilines is 1. The number of quaternary nitrogens is 1. The molecule has 1 aromatic heterocycles. The number of benzene rings is 1. The largest absolute Gasteiger partial charge is 0.337 e. The standard InChI is InChI=1S/C13H17N3S/c1-2-15-7-9-16(10-8-15)13-14-11-5-3-4-6-12(11)17-13/h3-6H,2,7-10H2,1H3/p+1. The van der Waals surface area contributed by atoms with Gasteiger partial charge in [0.2, 0.25) is 0 Å². The van der Waals surface area contributed by atoms with Gasteiger partial charge in [0.15, 0.2) is 5.13 Å². The van der Waals surface area contributed by atoms with E-state index in [4.69, 9.17) is 4.98 Å². The fourth-order valence-electron chi connectivity index (χ4n) is 2.36. The van der Waals surface area contributed by atoms with Crippen LogP contribution in [0.2, 0.25) is 0 Å². The molecule has 1 aromatic carbocycles. The molecule has 2 aromatic rings. The van der Waals surface area contributed by atoms with E-state index in [1.54, 1.807) is 4.90 Å². The van der Waals surface area contributed by atoms with Crippen molar-refractivity contribution in [1.29, 1.82) is 0 Å². The van der Waals surface area contributed by atoms with Gasteiger partial charge < -0.3 is 9.80 Å². The Balaban J connectivity index is 1.80. The van der Waals surface area contributed by atoms with Gasteiger partial charge in [0.1, 0.15) is 0 Å². The van der Waals surface area contributed by atoms with Crippen LogP contribution in [0, 0.1) is 0 Å². The summed E-state index contributed by atoms with van der Waals surface area (Å²) in [6, 6.07) is 8.40. The first-order chi connectivity index (χ1) is 8.36. The number of thiazole rings is 1. The normalized spacial score (nSPS) is 17.8. The summed E-state index contributed by atoms with van der Waals surface area (Å²) in [4.78, 5) is 8.87. The van der Waals surface area contributed by atoms with Gasteiger partial charge in [0.05, 0.1) is 42.9 Å². The minimum Gasteiger partial charge on any atom is -0.337 e. The number of para-hydroxylation sites is 1. The average Bonchev–Trinajstić information content (AvgIpc) is 2.82. The number of rotatable bonds is 2. The first-order valence-electron chi connectivity index (χ1n) is 6.31. The lowest BCUT2D eigenvalue weighted by molar-refractivity contribution is -0.898. The maximum Gasteiger partial charge on any atom is 0.186 e. The Morgan fingerprint density at radius 2 is 2.06 bits per heavy atom. The molecule has 0 saturated carbocycles. The van der Waals surface area contributed by atoms with Crippen LogP contribution in [0.4, 0.5) is 5.13 Å². The highest BCUT2D eigenvalue weighted by molar-refractivity contribution is 7.22. The highest BCUT2D eigenvalue weighted by Crippen LogP contribution is 2.28. The number of hydrogen-bond donors (Lipinski definition) is 1. The third-order valence-corrected chi connectivity index (χ3v) is 4.62. The van der Waals surface area contributed by atoms with E-state index in [0.29, 0.717) is 0 Å². The van der Waals surface area contributed by atoms with Crippen molar-refractivity contribution in [1.82, 2.24) is 4.98 Å². The van der Waals surface area contributed by atoms with Crippen LogP contribution in [0.25, 0.3) is 10.2 Å². The van der Waals surface area contributed by atoms with Gasteiger partial charge in [-0.1, -0.05) is 23.5 Å². The second-order valence-electron chi connectivity index (χ2n) is 4.55. The summed E-state index contributed by atoms with van der Waals surface area (Å²) in [6.45, 7) is 8.28. The summed E-state index contributed by atoms with van der Waals surface area (Å²) >= 11 is 1.82. The smallest absolute Gasteiger partial charge is 0.186 e. The lowest BCUT2D eigenvalue weighted by atomic mass is 10.3. The molecule has 1 aliphatic rings. The monoisotopic (exact) mass is 248 g/mol. The minimum atomic E-state index is 1.14. The molecule has 1 fully saturated rings. The van der Waals surface area contributed by atoms with Crippen molar-refractivity contribution in [2.24, 2.45) is 0 Å². The fourth-order valence-corrected chi connectivity index (χ4v) is 3.38. The fraction of sp³-hybridized carbons (Fsp3) is 0.462. The Morgan fingerprint density at radius 3 is 2.76 bits per heavy atom. The molecule has 4 heteroatoms. The number of nitrogens with one attached hydrogen (secondary N) is 1. The van der Waals surface area contributed by atoms with Crippen molar-refractivity contribution in [2.75, 3.05) is 37.6 Å². The maximum atomic E-state index is 4.72. The molecule has 1 N–H and O–H groups in total. The van der Waals surface area contributed by atoms with E-state index in [9.17, 15) is 0 Å². The number of nitrogens with zero attached hydrogens (tertiary/aromatic N) is 2. The van der Waals surface area contributed by atoms with Gasteiger partial charge in [-0.2, -0.15) is 0 Å². The molecule has 3 rings (SSSR count). The van der Waals surface area contributed by atoms with Crippen LogP contribution in [0.5, 0.6) is 0 Å². The van der Waals surface area contributed by atoms with Gasteiger partial charge in [-0.15, -0.1) is 0 Å². The molecule has 0 radical (unpaired) electrons. The summed E-state index contributed by atoms with van der Waals surface area (Å²) in [6.07, 6.45) is 0. The number of likely N-dealkylation sites (N-methyl/N-ethyl adjacent to an activating group) is 1. The Morgan fingerprint density at radius 1 is 1.29 bits per heavy atom. The van der Waals surface area contributed by atoms with Gasteiger partial charge in [-0.3, -0.25) is 0 Å². The summed E-state index contributed by atoms with van der Waals surface area (Å²) in [5.74, 6) is 0. The highest BCUT2D eigenvalue weighted by atomic mass is 32.1. The number of aromatic nitrogens is 1. The minimum absolute atomic E-state index is 1.14. The first-order valence-corrected chi connectivity index (χ1v) is 7.12. The Hall–Kier alpha value is -1.13. The van der Waals surface area contributed by atoms with Gasteiger partial charge in [0.25, 0.3) is 0 Å². The quantitative estimate of drug-likeness (QED) is 0.856. The van der Waals surface area contributed by atoms with Crippen molar-refractivity contribution in [3.8, 4) is 0 Å². The SMILES string of the molecule is CC[NH+]1CCN(c2nc3ccccc3s2)CC1. The summed E-state index contributed by atoms with van der Waals surface area (Å²) in [7, 11) is 0. The molecular formula is C13H18N3S+. The number of hydrogen-bond acceptors (Lipinski definition) is 3. The zero-order valence-electron chi connectivity index (χ0n) is 10.1. The molecule has 0 aliphatic carbocycles. The molecule has 1 saturated heterocycles. The van der Waals surface area contributed by atoms with Crippen LogP contribution >= 0.6 is 11.3 Å². The van der Waals surface area contributed by atoms with E-state index < -0.39 is 0 Å². The Kier molecular flexibility index (Phi) is 2.99. The molecule has 0 amide bonds. The molecule has 2 heterocycles. The Labute approximate surface area is 106 Å². The molecular weight excluding hydrogens is 230 g/mol. The zero-order chi connectivity index (χ0) is 11.7. The van der Waals surface area contributed by atoms with Crippen LogP contribution in [-0.2, 0) is 0 Å². The topological polar surface area (TPSA) is 20.6 Å². The van der Waals surface area contributed by atoms with Crippen molar-refractivity contribution in [2.45, 2.75) is 6.92 Å². The maximum absolute atomic E-state index is 4.72. The van der Waals surface area contributed by atoms with E-state index in [1.165, 1.54) is 29.5 Å². The van der Waals surface area contributed by atoms with E-state index in [1.807, 2.05) is 11.3 Å². The highest BCUT2D eigenvalue weighted by Gasteiger charge is 2.20. The molecule has 90 valence electrons. The second kappa shape index (κ2) is 4.63. The van der Waals surface area contributed by atoms with Gasteiger partial charge in [-0.05, 0) is 19.1 Å². The van der Waals surface area contributed by atoms with Crippen LogP contribution in [0.15, 0.2) is 24.3 Å². The van der Waals surface area contributed by atoms with Crippen LogP contribution in [0.3, 0.4) is 0 Å². The van der Waals surface area contributed by atoms with Crippen molar-refractivity contribution in [3.05, 3.63) is 24.3 Å². The molecule has 1 aliphatic heterocycles. The second-order valence-corrected chi connectivity index (χ2v) is 5.56. The molecule has 0 unspecified atom stereocenters. The van der Waals surface area contributed by atoms with E-state index in [-0.39, 0.29) is 0 Å². The summed E-state index contributed by atoms with van der Waals surface area (Å²) < 4.78 is 1.30. The van der Waals surface area contributed by atoms with E-state index in [0.717, 1.165) is 18.6 Å².